The Labute approximate surface area is 205 Å². The zero-order chi connectivity index (χ0) is 20.1. The predicted molar refractivity (Wildman–Crippen MR) is 122 cm³/mol. The molecule has 0 spiro atoms. The number of rotatable bonds is 4. The molecule has 0 amide bonds. The first-order valence-corrected chi connectivity index (χ1v) is 11.3. The molecule has 5 rings (SSSR count). The summed E-state index contributed by atoms with van der Waals surface area (Å²) < 4.78 is 0. The standard InChI is InChI=1S/C27H33N2.ClH.Cu/c1-18(2)13-21-16-28-17-29-22(14-19(3)4)15-20-9-5-6-11-24(20)27(29)26(28)25-12-8-7-10-23(21)25;;/h5-12,17-19,21-22H,13-16H2,1-4H3;1H;/q;;+1/p-1/t21-,22+;;/m1../s1. The van der Waals surface area contributed by atoms with Gasteiger partial charge in [-0.25, -0.2) is 0 Å². The van der Waals surface area contributed by atoms with Crippen LogP contribution >= 0.6 is 0 Å². The first-order chi connectivity index (χ1) is 14.0. The molecule has 0 saturated carbocycles. The maximum absolute atomic E-state index is 2.62. The molecule has 4 heteroatoms. The molecule has 3 heterocycles. The van der Waals surface area contributed by atoms with Crippen molar-refractivity contribution < 1.29 is 29.5 Å². The van der Waals surface area contributed by atoms with Gasteiger partial charge in [-0.3, -0.25) is 0 Å². The average Bonchev–Trinajstić information content (AvgIpc) is 3.07. The van der Waals surface area contributed by atoms with Gasteiger partial charge in [-0.15, -0.1) is 0 Å². The quantitative estimate of drug-likeness (QED) is 0.615. The van der Waals surface area contributed by atoms with Crippen molar-refractivity contribution in [2.45, 2.75) is 58.9 Å². The molecule has 3 aliphatic heterocycles. The third kappa shape index (κ3) is 4.30. The normalized spacial score (nSPS) is 21.2. The second-order valence-electron chi connectivity index (χ2n) is 9.93. The molecule has 1 radical (unpaired) electrons. The van der Waals surface area contributed by atoms with E-state index in [0.717, 1.165) is 13.0 Å². The van der Waals surface area contributed by atoms with Crippen molar-refractivity contribution in [3.63, 3.8) is 0 Å². The molecular formula is C27H33ClCuN2. The molecule has 0 unspecified atom stereocenters. The van der Waals surface area contributed by atoms with Crippen molar-refractivity contribution in [1.29, 1.82) is 0 Å². The van der Waals surface area contributed by atoms with Gasteiger partial charge in [0.25, 0.3) is 0 Å². The van der Waals surface area contributed by atoms with E-state index < -0.39 is 0 Å². The predicted octanol–water partition coefficient (Wildman–Crippen LogP) is 3.36. The molecule has 0 aromatic heterocycles. The molecule has 0 N–H and O–H groups in total. The van der Waals surface area contributed by atoms with Crippen molar-refractivity contribution in [3.05, 3.63) is 77.5 Å². The molecule has 0 saturated heterocycles. The number of benzene rings is 2. The minimum absolute atomic E-state index is 0. The van der Waals surface area contributed by atoms with E-state index in [1.165, 1.54) is 40.9 Å². The molecule has 169 valence electrons. The van der Waals surface area contributed by atoms with E-state index in [1.807, 2.05) is 0 Å². The minimum atomic E-state index is 0. The zero-order valence-electron chi connectivity index (χ0n) is 18.9. The second-order valence-corrected chi connectivity index (χ2v) is 9.93. The topological polar surface area (TPSA) is 6.48 Å². The third-order valence-electron chi connectivity index (χ3n) is 6.73. The van der Waals surface area contributed by atoms with Crippen LogP contribution in [0.3, 0.4) is 0 Å². The van der Waals surface area contributed by atoms with Crippen LogP contribution in [-0.4, -0.2) is 22.4 Å². The zero-order valence-corrected chi connectivity index (χ0v) is 20.6. The van der Waals surface area contributed by atoms with E-state index in [-0.39, 0.29) is 29.5 Å². The maximum atomic E-state index is 2.62. The molecule has 0 aliphatic carbocycles. The smallest absolute Gasteiger partial charge is 1.00 e. The van der Waals surface area contributed by atoms with Crippen LogP contribution in [0.4, 0.5) is 0 Å². The first-order valence-electron chi connectivity index (χ1n) is 11.3. The van der Waals surface area contributed by atoms with Gasteiger partial charge >= 0.3 is 17.1 Å². The Morgan fingerprint density at radius 3 is 2.19 bits per heavy atom. The van der Waals surface area contributed by atoms with Crippen LogP contribution < -0.4 is 12.4 Å². The molecule has 3 aliphatic rings. The molecule has 31 heavy (non-hydrogen) atoms. The number of hydrogen-bond donors (Lipinski definition) is 0. The summed E-state index contributed by atoms with van der Waals surface area (Å²) in [6.07, 6.45) is 3.62. The summed E-state index contributed by atoms with van der Waals surface area (Å²) in [5, 5.41) is 0. The number of halogens is 1. The fraction of sp³-hybridized carbons (Fsp3) is 0.444. The fourth-order valence-electron chi connectivity index (χ4n) is 5.69. The summed E-state index contributed by atoms with van der Waals surface area (Å²) in [6, 6.07) is 18.8. The van der Waals surface area contributed by atoms with E-state index in [4.69, 9.17) is 0 Å². The molecule has 2 aromatic rings. The van der Waals surface area contributed by atoms with Gasteiger partial charge in [0, 0.05) is 29.6 Å². The van der Waals surface area contributed by atoms with Gasteiger partial charge in [0.2, 0.25) is 0 Å². The largest absolute Gasteiger partial charge is 1.00 e. The Morgan fingerprint density at radius 2 is 1.48 bits per heavy atom. The summed E-state index contributed by atoms with van der Waals surface area (Å²) in [5.41, 5.74) is 8.79. The third-order valence-corrected chi connectivity index (χ3v) is 6.73. The number of hydrogen-bond acceptors (Lipinski definition) is 2. The van der Waals surface area contributed by atoms with Crippen molar-refractivity contribution >= 4 is 11.4 Å². The summed E-state index contributed by atoms with van der Waals surface area (Å²) in [5.74, 6) is 2.01. The average molecular weight is 485 g/mol. The Hall–Kier alpha value is -1.41. The number of nitrogens with zero attached hydrogens (tertiary/aromatic N) is 2. The van der Waals surface area contributed by atoms with Crippen LogP contribution in [0.15, 0.2) is 48.5 Å². The van der Waals surface area contributed by atoms with Crippen LogP contribution in [0, 0.1) is 18.5 Å². The summed E-state index contributed by atoms with van der Waals surface area (Å²) in [4.78, 5) is 5.19. The van der Waals surface area contributed by atoms with E-state index in [0.29, 0.717) is 23.8 Å². The van der Waals surface area contributed by atoms with Crippen LogP contribution in [0.1, 0.15) is 68.7 Å². The molecule has 0 fully saturated rings. The molecular weight excluding hydrogens is 451 g/mol. The Morgan fingerprint density at radius 1 is 0.839 bits per heavy atom. The van der Waals surface area contributed by atoms with E-state index >= 15 is 0 Å². The van der Waals surface area contributed by atoms with Crippen molar-refractivity contribution in [2.24, 2.45) is 11.8 Å². The Bertz CT molecular complexity index is 952. The first kappa shape index (κ1) is 24.2. The monoisotopic (exact) mass is 483 g/mol. The van der Waals surface area contributed by atoms with Crippen LogP contribution in [-0.2, 0) is 23.5 Å². The number of fused-ring (bicyclic) bond motifs is 6. The van der Waals surface area contributed by atoms with Gasteiger partial charge < -0.3 is 22.2 Å². The maximum Gasteiger partial charge on any atom is 1.00 e. The molecule has 2 nitrogen and oxygen atoms in total. The summed E-state index contributed by atoms with van der Waals surface area (Å²) in [6.45, 7) is 12.9. The van der Waals surface area contributed by atoms with Crippen LogP contribution in [0.5, 0.6) is 0 Å². The van der Waals surface area contributed by atoms with Gasteiger partial charge in [0.05, 0.1) is 11.4 Å². The Kier molecular flexibility index (Phi) is 7.51. The molecule has 2 aromatic carbocycles. The van der Waals surface area contributed by atoms with Crippen LogP contribution in [0.25, 0.3) is 11.4 Å². The van der Waals surface area contributed by atoms with E-state index in [2.05, 4.69) is 92.7 Å². The van der Waals surface area contributed by atoms with Crippen molar-refractivity contribution in [2.75, 3.05) is 6.54 Å². The Balaban J connectivity index is 0.00000136. The van der Waals surface area contributed by atoms with Crippen molar-refractivity contribution in [1.82, 2.24) is 9.80 Å². The van der Waals surface area contributed by atoms with Gasteiger partial charge in [-0.1, -0.05) is 76.2 Å². The van der Waals surface area contributed by atoms with Gasteiger partial charge in [0.1, 0.15) is 6.67 Å². The van der Waals surface area contributed by atoms with Gasteiger partial charge in [-0.2, -0.15) is 0 Å². The van der Waals surface area contributed by atoms with Crippen molar-refractivity contribution in [3.8, 4) is 0 Å². The minimum Gasteiger partial charge on any atom is -1.00 e. The van der Waals surface area contributed by atoms with Gasteiger partial charge in [0.15, 0.2) is 0 Å². The second kappa shape index (κ2) is 9.61. The fourth-order valence-corrected chi connectivity index (χ4v) is 5.69. The molecule has 2 atom stereocenters. The summed E-state index contributed by atoms with van der Waals surface area (Å²) in [7, 11) is 0. The molecule has 0 bridgehead atoms. The van der Waals surface area contributed by atoms with Crippen LogP contribution in [0.2, 0.25) is 0 Å². The van der Waals surface area contributed by atoms with E-state index in [1.54, 1.807) is 5.56 Å². The van der Waals surface area contributed by atoms with E-state index in [9.17, 15) is 0 Å². The van der Waals surface area contributed by atoms with Gasteiger partial charge in [-0.05, 0) is 42.2 Å². The summed E-state index contributed by atoms with van der Waals surface area (Å²) >= 11 is 0. The SMILES string of the molecule is CC(C)C[C@@H]1CN2[CH]N3C(=C2c2ccccc21)c1ccccc1C[C@@H]3CC(C)C.[Cl-].[Cu+].